The van der Waals surface area contributed by atoms with Gasteiger partial charge in [0, 0.05) is 6.54 Å². The lowest BCUT2D eigenvalue weighted by molar-refractivity contribution is -0.120. The van der Waals surface area contributed by atoms with Crippen molar-refractivity contribution in [3.63, 3.8) is 0 Å². The molecule has 0 saturated carbocycles. The highest BCUT2D eigenvalue weighted by Crippen LogP contribution is 2.06. The van der Waals surface area contributed by atoms with Crippen LogP contribution in [0.5, 0.6) is 0 Å². The van der Waals surface area contributed by atoms with Crippen LogP contribution in [0.1, 0.15) is 23.6 Å². The monoisotopic (exact) mass is 253 g/mol. The molecule has 2 aromatic carbocycles. The van der Waals surface area contributed by atoms with Crippen molar-refractivity contribution in [3.8, 4) is 0 Å². The van der Waals surface area contributed by atoms with Gasteiger partial charge in [0.15, 0.2) is 0 Å². The standard InChI is InChI=1S/C17H19NO/c1-2-14-8-10-15(11-9-14)12-17(19)18-13-16-6-4-3-5-7-16/h3-11H,2,12-13H2,1H3,(H,18,19). The zero-order chi connectivity index (χ0) is 13.5. The van der Waals surface area contributed by atoms with Crippen molar-refractivity contribution in [2.45, 2.75) is 26.3 Å². The summed E-state index contributed by atoms with van der Waals surface area (Å²) in [5.74, 6) is 0.0631. The van der Waals surface area contributed by atoms with Crippen LogP contribution in [0, 0.1) is 0 Å². The molecule has 0 aliphatic rings. The second-order valence-electron chi connectivity index (χ2n) is 4.61. The lowest BCUT2D eigenvalue weighted by Gasteiger charge is -2.06. The average Bonchev–Trinajstić information content (AvgIpc) is 2.47. The smallest absolute Gasteiger partial charge is 0.224 e. The van der Waals surface area contributed by atoms with E-state index in [1.807, 2.05) is 42.5 Å². The van der Waals surface area contributed by atoms with E-state index in [0.717, 1.165) is 17.5 Å². The number of benzene rings is 2. The van der Waals surface area contributed by atoms with Gasteiger partial charge in [0.05, 0.1) is 6.42 Å². The van der Waals surface area contributed by atoms with Gasteiger partial charge in [0.25, 0.3) is 0 Å². The molecule has 0 radical (unpaired) electrons. The summed E-state index contributed by atoms with van der Waals surface area (Å²) in [5, 5.41) is 2.94. The van der Waals surface area contributed by atoms with Crippen LogP contribution < -0.4 is 5.32 Å². The molecule has 0 heterocycles. The topological polar surface area (TPSA) is 29.1 Å². The lowest BCUT2D eigenvalue weighted by Crippen LogP contribution is -2.24. The summed E-state index contributed by atoms with van der Waals surface area (Å²) >= 11 is 0. The Morgan fingerprint density at radius 2 is 1.53 bits per heavy atom. The molecule has 2 nitrogen and oxygen atoms in total. The fourth-order valence-corrected chi connectivity index (χ4v) is 1.94. The molecular formula is C17H19NO. The van der Waals surface area contributed by atoms with Gasteiger partial charge in [-0.05, 0) is 23.1 Å². The van der Waals surface area contributed by atoms with Gasteiger partial charge in [-0.25, -0.2) is 0 Å². The molecule has 0 aliphatic heterocycles. The highest BCUT2D eigenvalue weighted by atomic mass is 16.1. The number of rotatable bonds is 5. The minimum Gasteiger partial charge on any atom is -0.352 e. The third-order valence-electron chi connectivity index (χ3n) is 3.13. The zero-order valence-corrected chi connectivity index (χ0v) is 11.2. The van der Waals surface area contributed by atoms with Crippen LogP contribution in [0.25, 0.3) is 0 Å². The van der Waals surface area contributed by atoms with Gasteiger partial charge in [-0.2, -0.15) is 0 Å². The number of aryl methyl sites for hydroxylation is 1. The largest absolute Gasteiger partial charge is 0.352 e. The van der Waals surface area contributed by atoms with Crippen molar-refractivity contribution in [2.24, 2.45) is 0 Å². The van der Waals surface area contributed by atoms with Gasteiger partial charge in [-0.1, -0.05) is 61.5 Å². The van der Waals surface area contributed by atoms with Gasteiger partial charge in [-0.15, -0.1) is 0 Å². The normalized spacial score (nSPS) is 10.2. The third kappa shape index (κ3) is 4.25. The second-order valence-corrected chi connectivity index (χ2v) is 4.61. The highest BCUT2D eigenvalue weighted by molar-refractivity contribution is 5.78. The predicted molar refractivity (Wildman–Crippen MR) is 77.8 cm³/mol. The Balaban J connectivity index is 1.83. The zero-order valence-electron chi connectivity index (χ0n) is 11.2. The van der Waals surface area contributed by atoms with E-state index in [-0.39, 0.29) is 5.91 Å². The van der Waals surface area contributed by atoms with Crippen LogP contribution in [0.3, 0.4) is 0 Å². The van der Waals surface area contributed by atoms with Crippen LogP contribution in [-0.2, 0) is 24.2 Å². The molecule has 0 fully saturated rings. The van der Waals surface area contributed by atoms with Crippen molar-refractivity contribution in [3.05, 3.63) is 71.3 Å². The Hall–Kier alpha value is -2.09. The van der Waals surface area contributed by atoms with E-state index in [4.69, 9.17) is 0 Å². The molecule has 0 aliphatic carbocycles. The molecule has 2 heteroatoms. The van der Waals surface area contributed by atoms with E-state index in [1.165, 1.54) is 5.56 Å². The quantitative estimate of drug-likeness (QED) is 0.871. The summed E-state index contributed by atoms with van der Waals surface area (Å²) in [7, 11) is 0. The van der Waals surface area contributed by atoms with Crippen LogP contribution in [0.4, 0.5) is 0 Å². The molecule has 2 aromatic rings. The molecule has 0 saturated heterocycles. The first-order chi connectivity index (χ1) is 9.28. The lowest BCUT2D eigenvalue weighted by atomic mass is 10.1. The van der Waals surface area contributed by atoms with Crippen molar-refractivity contribution >= 4 is 5.91 Å². The van der Waals surface area contributed by atoms with E-state index >= 15 is 0 Å². The van der Waals surface area contributed by atoms with Gasteiger partial charge in [0.2, 0.25) is 5.91 Å². The van der Waals surface area contributed by atoms with Gasteiger partial charge in [0.1, 0.15) is 0 Å². The van der Waals surface area contributed by atoms with Crippen LogP contribution in [-0.4, -0.2) is 5.91 Å². The predicted octanol–water partition coefficient (Wildman–Crippen LogP) is 3.11. The van der Waals surface area contributed by atoms with E-state index < -0.39 is 0 Å². The summed E-state index contributed by atoms with van der Waals surface area (Å²) in [6.45, 7) is 2.72. The van der Waals surface area contributed by atoms with E-state index in [9.17, 15) is 4.79 Å². The molecule has 0 unspecified atom stereocenters. The summed E-state index contributed by atoms with van der Waals surface area (Å²) < 4.78 is 0. The van der Waals surface area contributed by atoms with E-state index in [1.54, 1.807) is 0 Å². The molecule has 0 atom stereocenters. The number of hydrogen-bond donors (Lipinski definition) is 1. The van der Waals surface area contributed by atoms with Crippen molar-refractivity contribution in [1.29, 1.82) is 0 Å². The number of amides is 1. The molecule has 19 heavy (non-hydrogen) atoms. The molecule has 0 aromatic heterocycles. The maximum absolute atomic E-state index is 11.8. The molecular weight excluding hydrogens is 234 g/mol. The van der Waals surface area contributed by atoms with Gasteiger partial charge < -0.3 is 5.32 Å². The maximum Gasteiger partial charge on any atom is 0.224 e. The Bertz CT molecular complexity index is 517. The minimum atomic E-state index is 0.0631. The van der Waals surface area contributed by atoms with Gasteiger partial charge >= 0.3 is 0 Å². The molecule has 0 bridgehead atoms. The van der Waals surface area contributed by atoms with Crippen molar-refractivity contribution < 1.29 is 4.79 Å². The molecule has 2 rings (SSSR count). The van der Waals surface area contributed by atoms with Crippen molar-refractivity contribution in [1.82, 2.24) is 5.32 Å². The SMILES string of the molecule is CCc1ccc(CC(=O)NCc2ccccc2)cc1. The summed E-state index contributed by atoms with van der Waals surface area (Å²) in [5.41, 5.74) is 3.48. The number of carbonyl (C=O) groups excluding carboxylic acids is 1. The number of hydrogen-bond acceptors (Lipinski definition) is 1. The third-order valence-corrected chi connectivity index (χ3v) is 3.13. The summed E-state index contributed by atoms with van der Waals surface area (Å²) in [6.07, 6.45) is 1.47. The van der Waals surface area contributed by atoms with Crippen LogP contribution in [0.15, 0.2) is 54.6 Å². The Morgan fingerprint density at radius 3 is 2.16 bits per heavy atom. The fourth-order valence-electron chi connectivity index (χ4n) is 1.94. The maximum atomic E-state index is 11.8. The number of nitrogens with one attached hydrogen (secondary N) is 1. The van der Waals surface area contributed by atoms with Crippen LogP contribution in [0.2, 0.25) is 0 Å². The molecule has 98 valence electrons. The fraction of sp³-hybridized carbons (Fsp3) is 0.235. The first kappa shape index (κ1) is 13.3. The van der Waals surface area contributed by atoms with Crippen molar-refractivity contribution in [2.75, 3.05) is 0 Å². The van der Waals surface area contributed by atoms with E-state index in [0.29, 0.717) is 13.0 Å². The second kappa shape index (κ2) is 6.74. The minimum absolute atomic E-state index is 0.0631. The Kier molecular flexibility index (Phi) is 4.73. The summed E-state index contributed by atoms with van der Waals surface area (Å²) in [4.78, 5) is 11.8. The Morgan fingerprint density at radius 1 is 0.895 bits per heavy atom. The van der Waals surface area contributed by atoms with Gasteiger partial charge in [-0.3, -0.25) is 4.79 Å². The average molecular weight is 253 g/mol. The number of carbonyl (C=O) groups is 1. The van der Waals surface area contributed by atoms with E-state index in [2.05, 4.69) is 24.4 Å². The molecule has 1 N–H and O–H groups in total. The first-order valence-corrected chi connectivity index (χ1v) is 6.66. The summed E-state index contributed by atoms with van der Waals surface area (Å²) in [6, 6.07) is 18.2. The first-order valence-electron chi connectivity index (χ1n) is 6.66. The molecule has 1 amide bonds. The molecule has 0 spiro atoms. The van der Waals surface area contributed by atoms with Crippen LogP contribution >= 0.6 is 0 Å². The Labute approximate surface area is 114 Å². The highest BCUT2D eigenvalue weighted by Gasteiger charge is 2.03.